The molecule has 2 aromatic rings. The first-order chi connectivity index (χ1) is 8.31. The molecule has 0 fully saturated rings. The molecule has 0 amide bonds. The van der Waals surface area contributed by atoms with Gasteiger partial charge in [0.15, 0.2) is 0 Å². The minimum atomic E-state index is 0.590. The highest BCUT2D eigenvalue weighted by Crippen LogP contribution is 2.25. The van der Waals surface area contributed by atoms with Crippen molar-refractivity contribution >= 4 is 6.08 Å². The fourth-order valence-corrected chi connectivity index (χ4v) is 1.76. The Morgan fingerprint density at radius 3 is 2.53 bits per heavy atom. The lowest BCUT2D eigenvalue weighted by Gasteiger charge is -2.12. The van der Waals surface area contributed by atoms with E-state index in [2.05, 4.69) is 18.7 Å². The maximum atomic E-state index is 5.87. The smallest absolute Gasteiger partial charge is 0.129 e. The topological polar surface area (TPSA) is 9.23 Å². The molecule has 0 aliphatic rings. The second-order valence-electron chi connectivity index (χ2n) is 3.97. The summed E-state index contributed by atoms with van der Waals surface area (Å²) in [6.07, 6.45) is 1.83. The van der Waals surface area contributed by atoms with Crippen LogP contribution in [0.2, 0.25) is 0 Å². The van der Waals surface area contributed by atoms with Crippen molar-refractivity contribution in [1.82, 2.24) is 0 Å². The standard InChI is InChI=1S/C16H16O/c1-3-15-11-7-8-13(2)16(15)17-12-14-9-5-4-6-10-14/h3-11H,1,12H2,2H3. The molecule has 0 bridgehead atoms. The minimum absolute atomic E-state index is 0.590. The van der Waals surface area contributed by atoms with Crippen LogP contribution in [0.4, 0.5) is 0 Å². The number of rotatable bonds is 4. The molecule has 0 saturated heterocycles. The third kappa shape index (κ3) is 2.76. The average Bonchev–Trinajstić information content (AvgIpc) is 2.38. The predicted molar refractivity (Wildman–Crippen MR) is 72.0 cm³/mol. The number of hydrogen-bond acceptors (Lipinski definition) is 1. The van der Waals surface area contributed by atoms with Gasteiger partial charge in [-0.2, -0.15) is 0 Å². The lowest BCUT2D eigenvalue weighted by Crippen LogP contribution is -1.98. The molecule has 0 saturated carbocycles. The fraction of sp³-hybridized carbons (Fsp3) is 0.125. The molecule has 1 nitrogen and oxygen atoms in total. The highest BCUT2D eigenvalue weighted by atomic mass is 16.5. The molecule has 0 N–H and O–H groups in total. The first-order valence-electron chi connectivity index (χ1n) is 5.70. The van der Waals surface area contributed by atoms with E-state index in [1.165, 1.54) is 5.56 Å². The van der Waals surface area contributed by atoms with Gasteiger partial charge in [-0.05, 0) is 18.1 Å². The molecule has 0 atom stereocenters. The van der Waals surface area contributed by atoms with Crippen LogP contribution in [0.15, 0.2) is 55.1 Å². The predicted octanol–water partition coefficient (Wildman–Crippen LogP) is 4.22. The Labute approximate surface area is 102 Å². The van der Waals surface area contributed by atoms with Gasteiger partial charge in [-0.3, -0.25) is 0 Å². The zero-order valence-electron chi connectivity index (χ0n) is 10.0. The maximum Gasteiger partial charge on any atom is 0.129 e. The largest absolute Gasteiger partial charge is 0.488 e. The van der Waals surface area contributed by atoms with Crippen LogP contribution in [-0.4, -0.2) is 0 Å². The van der Waals surface area contributed by atoms with Crippen molar-refractivity contribution in [3.05, 3.63) is 71.8 Å². The van der Waals surface area contributed by atoms with Crippen LogP contribution in [0.1, 0.15) is 16.7 Å². The molecule has 0 radical (unpaired) electrons. The van der Waals surface area contributed by atoms with E-state index in [4.69, 9.17) is 4.74 Å². The summed E-state index contributed by atoms with van der Waals surface area (Å²) in [6, 6.07) is 16.2. The molecule has 0 aliphatic heterocycles. The SMILES string of the molecule is C=Cc1cccc(C)c1OCc1ccccc1. The van der Waals surface area contributed by atoms with Gasteiger partial charge in [0, 0.05) is 5.56 Å². The number of para-hydroxylation sites is 1. The third-order valence-corrected chi connectivity index (χ3v) is 2.69. The number of aryl methyl sites for hydroxylation is 1. The van der Waals surface area contributed by atoms with Gasteiger partial charge in [0.2, 0.25) is 0 Å². The van der Waals surface area contributed by atoms with Crippen molar-refractivity contribution in [3.8, 4) is 5.75 Å². The number of benzene rings is 2. The van der Waals surface area contributed by atoms with E-state index >= 15 is 0 Å². The van der Waals surface area contributed by atoms with Crippen LogP contribution in [0.3, 0.4) is 0 Å². The lowest BCUT2D eigenvalue weighted by atomic mass is 10.1. The molecule has 2 rings (SSSR count). The molecule has 0 aromatic heterocycles. The number of ether oxygens (including phenoxy) is 1. The first kappa shape index (κ1) is 11.5. The molecule has 1 heteroatoms. The van der Waals surface area contributed by atoms with E-state index in [0.29, 0.717) is 6.61 Å². The summed E-state index contributed by atoms with van der Waals surface area (Å²) in [5, 5.41) is 0. The van der Waals surface area contributed by atoms with Crippen molar-refractivity contribution in [2.45, 2.75) is 13.5 Å². The summed E-state index contributed by atoms with van der Waals surface area (Å²) in [4.78, 5) is 0. The Bertz CT molecular complexity index is 500. The molecule has 86 valence electrons. The van der Waals surface area contributed by atoms with E-state index in [-0.39, 0.29) is 0 Å². The summed E-state index contributed by atoms with van der Waals surface area (Å²) >= 11 is 0. The van der Waals surface area contributed by atoms with Gasteiger partial charge in [-0.25, -0.2) is 0 Å². The minimum Gasteiger partial charge on any atom is -0.488 e. The average molecular weight is 224 g/mol. The van der Waals surface area contributed by atoms with E-state index in [1.54, 1.807) is 0 Å². The van der Waals surface area contributed by atoms with Gasteiger partial charge in [0.25, 0.3) is 0 Å². The van der Waals surface area contributed by atoms with Crippen LogP contribution < -0.4 is 4.74 Å². The van der Waals surface area contributed by atoms with Crippen molar-refractivity contribution in [2.75, 3.05) is 0 Å². The fourth-order valence-electron chi connectivity index (χ4n) is 1.76. The summed E-state index contributed by atoms with van der Waals surface area (Å²) in [5.41, 5.74) is 3.35. The van der Waals surface area contributed by atoms with Crippen LogP contribution in [0.5, 0.6) is 5.75 Å². The van der Waals surface area contributed by atoms with Crippen LogP contribution in [-0.2, 0) is 6.61 Å². The van der Waals surface area contributed by atoms with Crippen molar-refractivity contribution < 1.29 is 4.74 Å². The van der Waals surface area contributed by atoms with E-state index in [1.807, 2.05) is 49.4 Å². The lowest BCUT2D eigenvalue weighted by molar-refractivity contribution is 0.303. The van der Waals surface area contributed by atoms with Crippen molar-refractivity contribution in [3.63, 3.8) is 0 Å². The van der Waals surface area contributed by atoms with Gasteiger partial charge in [-0.1, -0.05) is 61.2 Å². The normalized spacial score (nSPS) is 9.94. The molecule has 0 spiro atoms. The van der Waals surface area contributed by atoms with Crippen LogP contribution in [0.25, 0.3) is 6.08 Å². The van der Waals surface area contributed by atoms with Crippen molar-refractivity contribution in [1.29, 1.82) is 0 Å². The summed E-state index contributed by atoms with van der Waals surface area (Å²) in [7, 11) is 0. The van der Waals surface area contributed by atoms with E-state index < -0.39 is 0 Å². The van der Waals surface area contributed by atoms with Gasteiger partial charge in [0.1, 0.15) is 12.4 Å². The van der Waals surface area contributed by atoms with Gasteiger partial charge < -0.3 is 4.74 Å². The van der Waals surface area contributed by atoms with Gasteiger partial charge in [0.05, 0.1) is 0 Å². The molecule has 17 heavy (non-hydrogen) atoms. The monoisotopic (exact) mass is 224 g/mol. The Hall–Kier alpha value is -2.02. The Morgan fingerprint density at radius 2 is 1.82 bits per heavy atom. The second kappa shape index (κ2) is 5.35. The maximum absolute atomic E-state index is 5.87. The zero-order chi connectivity index (χ0) is 12.1. The summed E-state index contributed by atoms with van der Waals surface area (Å²) < 4.78 is 5.87. The molecular weight excluding hydrogens is 208 g/mol. The number of hydrogen-bond donors (Lipinski definition) is 0. The third-order valence-electron chi connectivity index (χ3n) is 2.69. The Balaban J connectivity index is 2.16. The van der Waals surface area contributed by atoms with Gasteiger partial charge in [-0.15, -0.1) is 0 Å². The van der Waals surface area contributed by atoms with Gasteiger partial charge >= 0.3 is 0 Å². The first-order valence-corrected chi connectivity index (χ1v) is 5.70. The summed E-state index contributed by atoms with van der Waals surface area (Å²) in [6.45, 7) is 6.45. The van der Waals surface area contributed by atoms with Crippen molar-refractivity contribution in [2.24, 2.45) is 0 Å². The van der Waals surface area contributed by atoms with Crippen LogP contribution >= 0.6 is 0 Å². The highest BCUT2D eigenvalue weighted by molar-refractivity contribution is 5.58. The second-order valence-corrected chi connectivity index (χ2v) is 3.97. The Kier molecular flexibility index (Phi) is 3.61. The summed E-state index contributed by atoms with van der Waals surface area (Å²) in [5.74, 6) is 0.923. The molecule has 2 aromatic carbocycles. The Morgan fingerprint density at radius 1 is 1.06 bits per heavy atom. The van der Waals surface area contributed by atoms with E-state index in [9.17, 15) is 0 Å². The molecule has 0 unspecified atom stereocenters. The zero-order valence-corrected chi connectivity index (χ0v) is 10.0. The molecule has 0 aliphatic carbocycles. The van der Waals surface area contributed by atoms with E-state index in [0.717, 1.165) is 16.9 Å². The molecule has 0 heterocycles. The molecular formula is C16H16O. The quantitative estimate of drug-likeness (QED) is 0.755. The highest BCUT2D eigenvalue weighted by Gasteiger charge is 2.04. The van der Waals surface area contributed by atoms with Crippen LogP contribution in [0, 0.1) is 6.92 Å².